The first kappa shape index (κ1) is 15.1. The fraction of sp³-hybridized carbons (Fsp3) is 0.353. The summed E-state index contributed by atoms with van der Waals surface area (Å²) in [4.78, 5) is 15.3. The van der Waals surface area contributed by atoms with E-state index in [1.54, 1.807) is 0 Å². The van der Waals surface area contributed by atoms with Crippen molar-refractivity contribution in [3.63, 3.8) is 0 Å². The quantitative estimate of drug-likeness (QED) is 0.768. The Hall–Kier alpha value is -1.78. The van der Waals surface area contributed by atoms with Crippen molar-refractivity contribution in [3.8, 4) is 0 Å². The molecule has 3 rings (SSSR count). The number of nitrogens with one attached hydrogen (secondary N) is 2. The molecule has 1 aromatic carbocycles. The Morgan fingerprint density at radius 3 is 2.77 bits per heavy atom. The molecule has 0 bridgehead atoms. The molecule has 1 saturated carbocycles. The van der Waals surface area contributed by atoms with Crippen molar-refractivity contribution in [2.75, 3.05) is 13.2 Å². The highest BCUT2D eigenvalue weighted by Gasteiger charge is 2.28. The highest BCUT2D eigenvalue weighted by atomic mass is 35.5. The van der Waals surface area contributed by atoms with Crippen LogP contribution in [0, 0.1) is 0 Å². The summed E-state index contributed by atoms with van der Waals surface area (Å²) < 4.78 is 5.55. The van der Waals surface area contributed by atoms with Gasteiger partial charge in [0.05, 0.1) is 18.8 Å². The molecule has 4 nitrogen and oxygen atoms in total. The third kappa shape index (κ3) is 3.90. The monoisotopic (exact) mass is 318 g/mol. The summed E-state index contributed by atoms with van der Waals surface area (Å²) in [6.07, 6.45) is 4.18. The topological polar surface area (TPSA) is 54.1 Å². The lowest BCUT2D eigenvalue weighted by Gasteiger charge is -2.07. The number of H-pyrrole nitrogens is 1. The van der Waals surface area contributed by atoms with Crippen LogP contribution in [0.3, 0.4) is 0 Å². The van der Waals surface area contributed by atoms with Gasteiger partial charge in [0.1, 0.15) is 0 Å². The first-order chi connectivity index (χ1) is 10.7. The number of aromatic nitrogens is 1. The maximum absolute atomic E-state index is 12.1. The number of ether oxygens (including phenoxy) is 1. The Kier molecular flexibility index (Phi) is 4.80. The molecule has 0 unspecified atom stereocenters. The SMILES string of the molecule is O=C(NCCOCc1ccc(Cl)cc1)c1cc[nH]c1C1CC1. The molecule has 2 aromatic rings. The van der Waals surface area contributed by atoms with Gasteiger partial charge in [-0.05, 0) is 42.5 Å². The van der Waals surface area contributed by atoms with Crippen LogP contribution in [0.25, 0.3) is 0 Å². The van der Waals surface area contributed by atoms with E-state index in [1.165, 1.54) is 12.8 Å². The van der Waals surface area contributed by atoms with E-state index in [9.17, 15) is 4.79 Å². The second-order valence-electron chi connectivity index (χ2n) is 5.51. The zero-order chi connectivity index (χ0) is 15.4. The van der Waals surface area contributed by atoms with E-state index in [2.05, 4.69) is 10.3 Å². The number of hydrogen-bond donors (Lipinski definition) is 2. The van der Waals surface area contributed by atoms with Crippen LogP contribution in [-0.2, 0) is 11.3 Å². The van der Waals surface area contributed by atoms with Crippen molar-refractivity contribution < 1.29 is 9.53 Å². The van der Waals surface area contributed by atoms with Gasteiger partial charge in [-0.1, -0.05) is 23.7 Å². The summed E-state index contributed by atoms with van der Waals surface area (Å²) in [6, 6.07) is 9.39. The molecule has 0 aliphatic heterocycles. The molecule has 1 aromatic heterocycles. The van der Waals surface area contributed by atoms with Crippen LogP contribution in [0.5, 0.6) is 0 Å². The second-order valence-corrected chi connectivity index (χ2v) is 5.95. The molecule has 1 aliphatic rings. The van der Waals surface area contributed by atoms with E-state index in [-0.39, 0.29) is 5.91 Å². The molecule has 2 N–H and O–H groups in total. The first-order valence-electron chi connectivity index (χ1n) is 7.51. The maximum Gasteiger partial charge on any atom is 0.253 e. The lowest BCUT2D eigenvalue weighted by atomic mass is 10.1. The summed E-state index contributed by atoms with van der Waals surface area (Å²) in [6.45, 7) is 1.50. The minimum Gasteiger partial charge on any atom is -0.375 e. The van der Waals surface area contributed by atoms with Crippen molar-refractivity contribution in [3.05, 3.63) is 58.4 Å². The Labute approximate surface area is 134 Å². The van der Waals surface area contributed by atoms with Crippen LogP contribution in [0.1, 0.15) is 40.4 Å². The minimum absolute atomic E-state index is 0.0294. The van der Waals surface area contributed by atoms with Crippen molar-refractivity contribution >= 4 is 17.5 Å². The van der Waals surface area contributed by atoms with E-state index >= 15 is 0 Å². The summed E-state index contributed by atoms with van der Waals surface area (Å²) in [5, 5.41) is 3.62. The van der Waals surface area contributed by atoms with Gasteiger partial charge in [0.2, 0.25) is 0 Å². The largest absolute Gasteiger partial charge is 0.375 e. The molecule has 1 aliphatic carbocycles. The number of hydrogen-bond acceptors (Lipinski definition) is 2. The lowest BCUT2D eigenvalue weighted by molar-refractivity contribution is 0.0900. The summed E-state index contributed by atoms with van der Waals surface area (Å²) in [5.41, 5.74) is 2.90. The first-order valence-corrected chi connectivity index (χ1v) is 7.89. The molecule has 0 spiro atoms. The standard InChI is InChI=1S/C17H19ClN2O2/c18-14-5-1-12(2-6-14)11-22-10-9-20-17(21)15-7-8-19-16(15)13-3-4-13/h1-2,5-8,13,19H,3-4,9-11H2,(H,20,21). The number of carbonyl (C=O) groups excluding carboxylic acids is 1. The van der Waals surface area contributed by atoms with Crippen molar-refractivity contribution in [1.29, 1.82) is 0 Å². The molecule has 1 amide bonds. The van der Waals surface area contributed by atoms with Gasteiger partial charge in [0.15, 0.2) is 0 Å². The molecule has 1 fully saturated rings. The van der Waals surface area contributed by atoms with E-state index < -0.39 is 0 Å². The van der Waals surface area contributed by atoms with E-state index in [4.69, 9.17) is 16.3 Å². The van der Waals surface area contributed by atoms with Crippen LogP contribution < -0.4 is 5.32 Å². The van der Waals surface area contributed by atoms with Crippen molar-refractivity contribution in [1.82, 2.24) is 10.3 Å². The van der Waals surface area contributed by atoms with Crippen LogP contribution >= 0.6 is 11.6 Å². The van der Waals surface area contributed by atoms with Crippen LogP contribution in [-0.4, -0.2) is 24.0 Å². The third-order valence-electron chi connectivity index (χ3n) is 3.72. The summed E-state index contributed by atoms with van der Waals surface area (Å²) in [7, 11) is 0. The normalized spacial score (nSPS) is 14.0. The molecule has 0 atom stereocenters. The molecule has 5 heteroatoms. The fourth-order valence-corrected chi connectivity index (χ4v) is 2.52. The smallest absolute Gasteiger partial charge is 0.253 e. The Morgan fingerprint density at radius 1 is 1.27 bits per heavy atom. The van der Waals surface area contributed by atoms with Gasteiger partial charge < -0.3 is 15.0 Å². The number of carbonyl (C=O) groups is 1. The van der Waals surface area contributed by atoms with Crippen LogP contribution in [0.15, 0.2) is 36.5 Å². The number of rotatable bonds is 7. The maximum atomic E-state index is 12.1. The lowest BCUT2D eigenvalue weighted by Crippen LogP contribution is -2.27. The Bertz CT molecular complexity index is 632. The highest BCUT2D eigenvalue weighted by molar-refractivity contribution is 6.30. The van der Waals surface area contributed by atoms with Gasteiger partial charge in [-0.3, -0.25) is 4.79 Å². The van der Waals surface area contributed by atoms with Crippen molar-refractivity contribution in [2.45, 2.75) is 25.4 Å². The fourth-order valence-electron chi connectivity index (χ4n) is 2.39. The van der Waals surface area contributed by atoms with Gasteiger partial charge in [-0.25, -0.2) is 0 Å². The molecular weight excluding hydrogens is 300 g/mol. The average molecular weight is 319 g/mol. The molecule has 0 radical (unpaired) electrons. The van der Waals surface area contributed by atoms with Crippen LogP contribution in [0.2, 0.25) is 5.02 Å². The average Bonchev–Trinajstić information content (AvgIpc) is 3.25. The predicted octanol–water partition coefficient (Wildman–Crippen LogP) is 3.49. The zero-order valence-corrected chi connectivity index (χ0v) is 13.0. The molecular formula is C17H19ClN2O2. The minimum atomic E-state index is -0.0294. The highest BCUT2D eigenvalue weighted by Crippen LogP contribution is 2.40. The number of halogens is 1. The molecule has 22 heavy (non-hydrogen) atoms. The Morgan fingerprint density at radius 2 is 2.05 bits per heavy atom. The number of benzene rings is 1. The van der Waals surface area contributed by atoms with E-state index in [1.807, 2.05) is 36.5 Å². The summed E-state index contributed by atoms with van der Waals surface area (Å²) in [5.74, 6) is 0.509. The van der Waals surface area contributed by atoms with Crippen LogP contribution in [0.4, 0.5) is 0 Å². The van der Waals surface area contributed by atoms with Gasteiger partial charge in [0, 0.05) is 23.5 Å². The number of aromatic amines is 1. The van der Waals surface area contributed by atoms with E-state index in [0.717, 1.165) is 16.8 Å². The third-order valence-corrected chi connectivity index (χ3v) is 3.98. The molecule has 116 valence electrons. The second kappa shape index (κ2) is 6.99. The van der Waals surface area contributed by atoms with Gasteiger partial charge >= 0.3 is 0 Å². The molecule has 0 saturated heterocycles. The van der Waals surface area contributed by atoms with E-state index in [0.29, 0.717) is 30.7 Å². The molecule has 1 heterocycles. The Balaban J connectivity index is 1.38. The predicted molar refractivity (Wildman–Crippen MR) is 86.2 cm³/mol. The van der Waals surface area contributed by atoms with Gasteiger partial charge in [-0.15, -0.1) is 0 Å². The van der Waals surface area contributed by atoms with Crippen molar-refractivity contribution in [2.24, 2.45) is 0 Å². The van der Waals surface area contributed by atoms with Gasteiger partial charge in [-0.2, -0.15) is 0 Å². The van der Waals surface area contributed by atoms with Gasteiger partial charge in [0.25, 0.3) is 5.91 Å². The number of amides is 1. The zero-order valence-electron chi connectivity index (χ0n) is 12.3. The summed E-state index contributed by atoms with van der Waals surface area (Å²) >= 11 is 5.83.